The average molecular weight is 314 g/mol. The molecule has 0 aromatic heterocycles. The number of halogens is 1. The van der Waals surface area contributed by atoms with Gasteiger partial charge < -0.3 is 18.9 Å². The molecule has 0 aromatic carbocycles. The summed E-state index contributed by atoms with van der Waals surface area (Å²) in [5, 5.41) is 0. The number of allylic oxidation sites excluding steroid dienone is 2. The monoisotopic (exact) mass is 314 g/mol. The zero-order chi connectivity index (χ0) is 15.4. The highest BCUT2D eigenvalue weighted by atomic mass is 19.1. The van der Waals surface area contributed by atoms with Gasteiger partial charge in [0.15, 0.2) is 12.6 Å². The molecule has 2 saturated heterocycles. The molecule has 2 heterocycles. The van der Waals surface area contributed by atoms with Crippen LogP contribution in [-0.4, -0.2) is 39.0 Å². The van der Waals surface area contributed by atoms with Gasteiger partial charge in [-0.2, -0.15) is 0 Å². The van der Waals surface area contributed by atoms with Crippen LogP contribution in [0.3, 0.4) is 0 Å². The molecule has 1 unspecified atom stereocenters. The van der Waals surface area contributed by atoms with Crippen molar-refractivity contribution < 1.29 is 23.3 Å². The second kappa shape index (κ2) is 7.86. The molecule has 0 spiro atoms. The van der Waals surface area contributed by atoms with Crippen LogP contribution in [0, 0.1) is 17.8 Å². The molecule has 22 heavy (non-hydrogen) atoms. The summed E-state index contributed by atoms with van der Waals surface area (Å²) >= 11 is 0. The normalized spacial score (nSPS) is 40.3. The summed E-state index contributed by atoms with van der Waals surface area (Å²) in [4.78, 5) is 0. The molecule has 5 heteroatoms. The Balaban J connectivity index is 1.41. The van der Waals surface area contributed by atoms with Crippen LogP contribution in [0.25, 0.3) is 0 Å². The zero-order valence-electron chi connectivity index (χ0n) is 13.3. The summed E-state index contributed by atoms with van der Waals surface area (Å²) in [6.07, 6.45) is 5.56. The number of rotatable bonds is 4. The molecule has 1 atom stereocenters. The van der Waals surface area contributed by atoms with Gasteiger partial charge in [0.1, 0.15) is 0 Å². The summed E-state index contributed by atoms with van der Waals surface area (Å²) in [7, 11) is 0. The molecular formula is C17H27FO4. The highest BCUT2D eigenvalue weighted by Gasteiger charge is 2.36. The molecule has 0 saturated carbocycles. The molecular weight excluding hydrogens is 287 g/mol. The van der Waals surface area contributed by atoms with Crippen LogP contribution in [0.15, 0.2) is 11.9 Å². The van der Waals surface area contributed by atoms with E-state index >= 15 is 0 Å². The second-order valence-corrected chi connectivity index (χ2v) is 6.67. The van der Waals surface area contributed by atoms with Crippen LogP contribution in [0.5, 0.6) is 0 Å². The van der Waals surface area contributed by atoms with Crippen molar-refractivity contribution in [1.29, 1.82) is 0 Å². The first-order valence-corrected chi connectivity index (χ1v) is 8.57. The highest BCUT2D eigenvalue weighted by molar-refractivity contribution is 4.98. The smallest absolute Gasteiger partial charge is 0.164 e. The van der Waals surface area contributed by atoms with E-state index in [2.05, 4.69) is 6.92 Å². The Kier molecular flexibility index (Phi) is 5.85. The van der Waals surface area contributed by atoms with E-state index in [0.717, 1.165) is 32.5 Å². The Morgan fingerprint density at radius 1 is 1.00 bits per heavy atom. The average Bonchev–Trinajstić information content (AvgIpc) is 2.57. The van der Waals surface area contributed by atoms with Crippen molar-refractivity contribution >= 4 is 0 Å². The Bertz CT molecular complexity index is 371. The molecule has 0 aromatic rings. The Labute approximate surface area is 131 Å². The lowest BCUT2D eigenvalue weighted by molar-refractivity contribution is -0.290. The van der Waals surface area contributed by atoms with E-state index in [1.807, 2.05) is 0 Å². The van der Waals surface area contributed by atoms with Crippen LogP contribution >= 0.6 is 0 Å². The third kappa shape index (κ3) is 4.07. The maximum atomic E-state index is 13.1. The van der Waals surface area contributed by atoms with E-state index in [-0.39, 0.29) is 30.2 Å². The summed E-state index contributed by atoms with van der Waals surface area (Å²) in [6.45, 7) is 4.91. The molecule has 0 bridgehead atoms. The summed E-state index contributed by atoms with van der Waals surface area (Å²) in [6, 6.07) is 0. The molecule has 4 nitrogen and oxygen atoms in total. The van der Waals surface area contributed by atoms with Gasteiger partial charge in [0.25, 0.3) is 0 Å². The Morgan fingerprint density at radius 2 is 1.64 bits per heavy atom. The molecule has 126 valence electrons. The van der Waals surface area contributed by atoms with E-state index < -0.39 is 0 Å². The van der Waals surface area contributed by atoms with Gasteiger partial charge in [-0.15, -0.1) is 0 Å². The first-order valence-electron chi connectivity index (χ1n) is 8.57. The SMILES string of the molecule is CCC[C@H]1CO[C@H]([C@H]2CO[C@H](C3CC=C(F)CC3)OC2)OC1. The third-order valence-electron chi connectivity index (χ3n) is 4.80. The van der Waals surface area contributed by atoms with E-state index in [1.54, 1.807) is 6.08 Å². The van der Waals surface area contributed by atoms with Crippen molar-refractivity contribution in [3.05, 3.63) is 11.9 Å². The maximum Gasteiger partial charge on any atom is 0.164 e. The van der Waals surface area contributed by atoms with Gasteiger partial charge in [0.2, 0.25) is 0 Å². The van der Waals surface area contributed by atoms with Crippen LogP contribution in [0.2, 0.25) is 0 Å². The van der Waals surface area contributed by atoms with Gasteiger partial charge in [-0.1, -0.05) is 19.4 Å². The lowest BCUT2D eigenvalue weighted by Gasteiger charge is -2.39. The van der Waals surface area contributed by atoms with E-state index in [4.69, 9.17) is 18.9 Å². The van der Waals surface area contributed by atoms with Crippen molar-refractivity contribution in [3.8, 4) is 0 Å². The molecule has 3 rings (SSSR count). The van der Waals surface area contributed by atoms with Crippen LogP contribution in [-0.2, 0) is 18.9 Å². The predicted octanol–water partition coefficient (Wildman–Crippen LogP) is 3.42. The van der Waals surface area contributed by atoms with Crippen LogP contribution in [0.1, 0.15) is 39.0 Å². The van der Waals surface area contributed by atoms with Crippen molar-refractivity contribution in [2.24, 2.45) is 17.8 Å². The molecule has 2 aliphatic heterocycles. The largest absolute Gasteiger partial charge is 0.352 e. The number of hydrogen-bond acceptors (Lipinski definition) is 4. The molecule has 0 radical (unpaired) electrons. The predicted molar refractivity (Wildman–Crippen MR) is 79.8 cm³/mol. The second-order valence-electron chi connectivity index (χ2n) is 6.67. The summed E-state index contributed by atoms with van der Waals surface area (Å²) in [5.41, 5.74) is 0. The van der Waals surface area contributed by atoms with Gasteiger partial charge in [-0.25, -0.2) is 4.39 Å². The van der Waals surface area contributed by atoms with Crippen molar-refractivity contribution in [1.82, 2.24) is 0 Å². The Hall–Kier alpha value is -0.490. The van der Waals surface area contributed by atoms with Gasteiger partial charge in [-0.05, 0) is 25.7 Å². The van der Waals surface area contributed by atoms with Crippen molar-refractivity contribution in [2.45, 2.75) is 51.6 Å². The minimum absolute atomic E-state index is 0.00410. The topological polar surface area (TPSA) is 36.9 Å². The molecule has 0 amide bonds. The fourth-order valence-electron chi connectivity index (χ4n) is 3.44. The van der Waals surface area contributed by atoms with Gasteiger partial charge in [-0.3, -0.25) is 0 Å². The minimum atomic E-state index is -0.211. The first kappa shape index (κ1) is 16.4. The lowest BCUT2D eigenvalue weighted by Crippen LogP contribution is -2.46. The van der Waals surface area contributed by atoms with E-state index in [1.165, 1.54) is 0 Å². The minimum Gasteiger partial charge on any atom is -0.352 e. The van der Waals surface area contributed by atoms with Crippen molar-refractivity contribution in [2.75, 3.05) is 26.4 Å². The molecule has 1 aliphatic carbocycles. The summed E-state index contributed by atoms with van der Waals surface area (Å²) in [5.74, 6) is 0.913. The van der Waals surface area contributed by atoms with E-state index in [0.29, 0.717) is 32.0 Å². The maximum absolute atomic E-state index is 13.1. The lowest BCUT2D eigenvalue weighted by atomic mass is 9.92. The standard InChI is InChI=1S/C17H27FO4/c1-2-3-12-8-19-17(20-9-12)14-10-21-16(22-11-14)13-4-6-15(18)7-5-13/h6,12-14,16-17H,2-5,7-11H2,1H3/t12-,13?,14-,16-,17-. The Morgan fingerprint density at radius 3 is 2.23 bits per heavy atom. The third-order valence-corrected chi connectivity index (χ3v) is 4.80. The number of ether oxygens (including phenoxy) is 4. The quantitative estimate of drug-likeness (QED) is 0.797. The molecule has 0 N–H and O–H groups in total. The zero-order valence-corrected chi connectivity index (χ0v) is 13.3. The van der Waals surface area contributed by atoms with Crippen molar-refractivity contribution in [3.63, 3.8) is 0 Å². The molecule has 3 aliphatic rings. The fraction of sp³-hybridized carbons (Fsp3) is 0.882. The first-order chi connectivity index (χ1) is 10.8. The number of hydrogen-bond donors (Lipinski definition) is 0. The van der Waals surface area contributed by atoms with Gasteiger partial charge in [0, 0.05) is 11.8 Å². The van der Waals surface area contributed by atoms with Gasteiger partial charge >= 0.3 is 0 Å². The van der Waals surface area contributed by atoms with Crippen LogP contribution in [0.4, 0.5) is 4.39 Å². The van der Waals surface area contributed by atoms with E-state index in [9.17, 15) is 4.39 Å². The van der Waals surface area contributed by atoms with Gasteiger partial charge in [0.05, 0.1) is 38.2 Å². The molecule has 2 fully saturated rings. The van der Waals surface area contributed by atoms with Crippen LogP contribution < -0.4 is 0 Å². The highest BCUT2D eigenvalue weighted by Crippen LogP contribution is 2.32. The fourth-order valence-corrected chi connectivity index (χ4v) is 3.44. The summed E-state index contributed by atoms with van der Waals surface area (Å²) < 4.78 is 36.5.